The van der Waals surface area contributed by atoms with E-state index in [4.69, 9.17) is 26.2 Å². The number of esters is 1. The lowest BCUT2D eigenvalue weighted by atomic mass is 9.95. The smallest absolute Gasteiger partial charge is 0.349 e. The van der Waals surface area contributed by atoms with Gasteiger partial charge in [-0.25, -0.2) is 4.79 Å². The molecule has 0 aliphatic rings. The molecule has 0 aliphatic carbocycles. The van der Waals surface area contributed by atoms with Crippen LogP contribution in [0.15, 0.2) is 0 Å². The van der Waals surface area contributed by atoms with Crippen molar-refractivity contribution in [2.45, 2.75) is 30.9 Å². The van der Waals surface area contributed by atoms with Gasteiger partial charge in [-0.1, -0.05) is 0 Å². The van der Waals surface area contributed by atoms with E-state index in [0.29, 0.717) is 0 Å². The van der Waals surface area contributed by atoms with Gasteiger partial charge in [0.15, 0.2) is 0 Å². The number of hydrogen-bond acceptors (Lipinski definition) is 7. The molecule has 0 unspecified atom stereocenters. The average molecular weight is 307 g/mol. The Morgan fingerprint density at radius 2 is 1.33 bits per heavy atom. The van der Waals surface area contributed by atoms with Crippen molar-refractivity contribution in [3.63, 3.8) is 0 Å². The summed E-state index contributed by atoms with van der Waals surface area (Å²) < 4.78 is 4.40. The Bertz CT molecular complexity index is 454. The number of carbonyl (C=O) groups excluding carboxylic acids is 1. The summed E-state index contributed by atoms with van der Waals surface area (Å²) in [7, 11) is 0. The van der Waals surface area contributed by atoms with Gasteiger partial charge in [0.25, 0.3) is 0 Å². The fourth-order valence-electron chi connectivity index (χ4n) is 1.36. The molecule has 0 aliphatic heterocycles. The molecule has 0 aromatic heterocycles. The van der Waals surface area contributed by atoms with Crippen molar-refractivity contribution in [1.82, 2.24) is 0 Å². The van der Waals surface area contributed by atoms with Crippen molar-refractivity contribution >= 4 is 29.8 Å². The Hall–Kier alpha value is -2.69. The highest BCUT2D eigenvalue weighted by Crippen LogP contribution is 2.23. The predicted molar refractivity (Wildman–Crippen MR) is 61.2 cm³/mol. The van der Waals surface area contributed by atoms with E-state index in [1.165, 1.54) is 0 Å². The SMILES string of the molecule is N[C@@H](CC(=O)O)C(=O)OC(CC(=O)O)(CC(=O)O)C(=O)O. The van der Waals surface area contributed by atoms with Gasteiger partial charge in [-0.05, 0) is 0 Å². The second-order valence-electron chi connectivity index (χ2n) is 4.07. The van der Waals surface area contributed by atoms with Crippen LogP contribution in [0.1, 0.15) is 19.3 Å². The lowest BCUT2D eigenvalue weighted by molar-refractivity contribution is -0.187. The van der Waals surface area contributed by atoms with Crippen molar-refractivity contribution in [2.24, 2.45) is 5.73 Å². The molecule has 0 heterocycles. The largest absolute Gasteiger partial charge is 0.481 e. The third kappa shape index (κ3) is 5.86. The lowest BCUT2D eigenvalue weighted by Crippen LogP contribution is -2.50. The Morgan fingerprint density at radius 1 is 0.905 bits per heavy atom. The van der Waals surface area contributed by atoms with Crippen LogP contribution in [0.5, 0.6) is 0 Å². The van der Waals surface area contributed by atoms with Crippen LogP contribution in [-0.2, 0) is 28.7 Å². The molecule has 118 valence electrons. The number of ether oxygens (including phenoxy) is 1. The van der Waals surface area contributed by atoms with E-state index in [0.717, 1.165) is 0 Å². The van der Waals surface area contributed by atoms with Crippen molar-refractivity contribution in [3.8, 4) is 0 Å². The molecule has 0 amide bonds. The summed E-state index contributed by atoms with van der Waals surface area (Å²) in [5.41, 5.74) is 2.27. The van der Waals surface area contributed by atoms with Crippen molar-refractivity contribution in [1.29, 1.82) is 0 Å². The Kier molecular flexibility index (Phi) is 6.27. The van der Waals surface area contributed by atoms with Gasteiger partial charge >= 0.3 is 29.8 Å². The van der Waals surface area contributed by atoms with Crippen LogP contribution in [0.2, 0.25) is 0 Å². The Morgan fingerprint density at radius 3 is 1.62 bits per heavy atom. The summed E-state index contributed by atoms with van der Waals surface area (Å²) in [6.45, 7) is 0. The first-order valence-corrected chi connectivity index (χ1v) is 5.37. The molecule has 0 rings (SSSR count). The van der Waals surface area contributed by atoms with E-state index in [-0.39, 0.29) is 0 Å². The first-order valence-electron chi connectivity index (χ1n) is 5.37. The van der Waals surface area contributed by atoms with E-state index < -0.39 is 60.8 Å². The van der Waals surface area contributed by atoms with Gasteiger partial charge in [-0.3, -0.25) is 19.2 Å². The number of hydrogen-bond donors (Lipinski definition) is 5. The topological polar surface area (TPSA) is 202 Å². The zero-order valence-corrected chi connectivity index (χ0v) is 10.5. The molecule has 0 aromatic carbocycles. The highest BCUT2D eigenvalue weighted by Gasteiger charge is 2.47. The third-order valence-corrected chi connectivity index (χ3v) is 2.26. The normalized spacial score (nSPS) is 12.2. The highest BCUT2D eigenvalue weighted by molar-refractivity contribution is 5.92. The molecule has 6 N–H and O–H groups in total. The minimum atomic E-state index is -2.87. The maximum Gasteiger partial charge on any atom is 0.349 e. The van der Waals surface area contributed by atoms with Crippen molar-refractivity contribution < 1.29 is 49.1 Å². The third-order valence-electron chi connectivity index (χ3n) is 2.26. The monoisotopic (exact) mass is 307 g/mol. The van der Waals surface area contributed by atoms with E-state index in [1.807, 2.05) is 0 Å². The fraction of sp³-hybridized carbons (Fsp3) is 0.500. The summed E-state index contributed by atoms with van der Waals surface area (Å²) in [5.74, 6) is -8.45. The van der Waals surface area contributed by atoms with Crippen LogP contribution in [0, 0.1) is 0 Å². The number of nitrogens with two attached hydrogens (primary N) is 1. The van der Waals surface area contributed by atoms with Gasteiger partial charge in [0, 0.05) is 0 Å². The van der Waals surface area contributed by atoms with Gasteiger partial charge in [-0.15, -0.1) is 0 Å². The molecular formula is C10H13NO10. The summed E-state index contributed by atoms with van der Waals surface area (Å²) in [6, 6.07) is -1.76. The maximum absolute atomic E-state index is 11.5. The number of aliphatic carboxylic acids is 4. The van der Waals surface area contributed by atoms with Crippen LogP contribution in [0.4, 0.5) is 0 Å². The fourth-order valence-corrected chi connectivity index (χ4v) is 1.36. The summed E-state index contributed by atoms with van der Waals surface area (Å²) in [6.07, 6.45) is -3.53. The van der Waals surface area contributed by atoms with Gasteiger partial charge in [0.1, 0.15) is 6.04 Å². The van der Waals surface area contributed by atoms with E-state index in [2.05, 4.69) is 4.74 Å². The molecular weight excluding hydrogens is 294 g/mol. The van der Waals surface area contributed by atoms with Gasteiger partial charge in [0.2, 0.25) is 5.60 Å². The van der Waals surface area contributed by atoms with Crippen LogP contribution in [0.25, 0.3) is 0 Å². The van der Waals surface area contributed by atoms with E-state index in [9.17, 15) is 24.0 Å². The van der Waals surface area contributed by atoms with Gasteiger partial charge in [0.05, 0.1) is 19.3 Å². The van der Waals surface area contributed by atoms with Crippen LogP contribution >= 0.6 is 0 Å². The molecule has 0 saturated carbocycles. The minimum absolute atomic E-state index is 0.894. The van der Waals surface area contributed by atoms with E-state index in [1.54, 1.807) is 0 Å². The molecule has 1 atom stereocenters. The van der Waals surface area contributed by atoms with Crippen molar-refractivity contribution in [3.05, 3.63) is 0 Å². The average Bonchev–Trinajstić information content (AvgIpc) is 2.25. The quantitative estimate of drug-likeness (QED) is 0.298. The number of carboxylic acids is 4. The number of carboxylic acid groups (broad SMARTS) is 4. The summed E-state index contributed by atoms with van der Waals surface area (Å²) in [5, 5.41) is 34.7. The standard InChI is InChI=1S/C10H13NO10/c11-4(1-5(12)13)8(18)21-10(9(19)20,2-6(14)15)3-7(16)17/h4H,1-3,11H2,(H,12,13)(H,14,15)(H,16,17)(H,19,20)/t4-/m0/s1. The van der Waals surface area contributed by atoms with Crippen molar-refractivity contribution in [2.75, 3.05) is 0 Å². The zero-order valence-electron chi connectivity index (χ0n) is 10.5. The molecule has 11 nitrogen and oxygen atoms in total. The maximum atomic E-state index is 11.5. The van der Waals surface area contributed by atoms with Gasteiger partial charge in [-0.2, -0.15) is 0 Å². The molecule has 0 bridgehead atoms. The summed E-state index contributed by atoms with van der Waals surface area (Å²) >= 11 is 0. The molecule has 0 aromatic rings. The zero-order chi connectivity index (χ0) is 16.8. The van der Waals surface area contributed by atoms with Gasteiger partial charge < -0.3 is 30.9 Å². The molecule has 0 spiro atoms. The summed E-state index contributed by atoms with van der Waals surface area (Å²) in [4.78, 5) is 54.3. The van der Waals surface area contributed by atoms with Crippen LogP contribution in [0.3, 0.4) is 0 Å². The molecule has 0 saturated heterocycles. The van der Waals surface area contributed by atoms with Crippen LogP contribution in [-0.4, -0.2) is 61.9 Å². The minimum Gasteiger partial charge on any atom is -0.481 e. The first kappa shape index (κ1) is 18.3. The first-order chi connectivity index (χ1) is 9.50. The Labute approximate surface area is 116 Å². The number of rotatable bonds is 9. The second-order valence-corrected chi connectivity index (χ2v) is 4.07. The molecule has 21 heavy (non-hydrogen) atoms. The van der Waals surface area contributed by atoms with Crippen LogP contribution < -0.4 is 5.73 Å². The highest BCUT2D eigenvalue weighted by atomic mass is 16.6. The Balaban J connectivity index is 5.33. The second kappa shape index (κ2) is 7.19. The predicted octanol–water partition coefficient (Wildman–Crippen LogP) is -1.90. The molecule has 0 fully saturated rings. The molecule has 0 radical (unpaired) electrons. The molecule has 11 heteroatoms. The van der Waals surface area contributed by atoms with E-state index >= 15 is 0 Å². The lowest BCUT2D eigenvalue weighted by Gasteiger charge is -2.27. The number of carbonyl (C=O) groups is 5.